The van der Waals surface area contributed by atoms with Gasteiger partial charge in [0.15, 0.2) is 4.96 Å². The summed E-state index contributed by atoms with van der Waals surface area (Å²) >= 11 is 1.65. The minimum Gasteiger partial charge on any atom is -0.383 e. The van der Waals surface area contributed by atoms with Crippen LogP contribution in [0.1, 0.15) is 26.0 Å². The van der Waals surface area contributed by atoms with E-state index in [4.69, 9.17) is 9.72 Å². The predicted octanol–water partition coefficient (Wildman–Crippen LogP) is 5.28. The molecule has 1 amide bonds. The fourth-order valence-electron chi connectivity index (χ4n) is 3.79. The summed E-state index contributed by atoms with van der Waals surface area (Å²) in [6.45, 7) is 6.02. The molecule has 0 spiro atoms. The van der Waals surface area contributed by atoms with E-state index < -0.39 is 0 Å². The molecule has 31 heavy (non-hydrogen) atoms. The van der Waals surface area contributed by atoms with Crippen molar-refractivity contribution in [2.45, 2.75) is 26.7 Å². The second kappa shape index (κ2) is 9.62. The number of ether oxygens (including phenoxy) is 1. The van der Waals surface area contributed by atoms with Crippen molar-refractivity contribution in [3.8, 4) is 11.3 Å². The van der Waals surface area contributed by atoms with Crippen LogP contribution >= 0.6 is 11.3 Å². The van der Waals surface area contributed by atoms with Crippen LogP contribution in [0.15, 0.2) is 54.0 Å². The van der Waals surface area contributed by atoms with Crippen molar-refractivity contribution in [2.75, 3.05) is 26.8 Å². The van der Waals surface area contributed by atoms with Gasteiger partial charge in [-0.05, 0) is 22.8 Å². The zero-order chi connectivity index (χ0) is 21.8. The summed E-state index contributed by atoms with van der Waals surface area (Å²) in [6.07, 6.45) is 3.47. The Balaban J connectivity index is 1.53. The number of carbonyl (C=O) groups excluding carboxylic acids is 1. The van der Waals surface area contributed by atoms with Crippen LogP contribution in [0, 0.1) is 5.92 Å². The highest BCUT2D eigenvalue weighted by molar-refractivity contribution is 7.15. The van der Waals surface area contributed by atoms with Crippen molar-refractivity contribution in [1.82, 2.24) is 14.3 Å². The number of rotatable bonds is 9. The molecule has 0 saturated heterocycles. The number of fused-ring (bicyclic) bond motifs is 2. The summed E-state index contributed by atoms with van der Waals surface area (Å²) in [5, 5.41) is 4.60. The summed E-state index contributed by atoms with van der Waals surface area (Å²) in [4.78, 5) is 20.4. The summed E-state index contributed by atoms with van der Waals surface area (Å²) < 4.78 is 7.37. The third-order valence-corrected chi connectivity index (χ3v) is 6.36. The first-order valence-corrected chi connectivity index (χ1v) is 11.6. The van der Waals surface area contributed by atoms with Gasteiger partial charge < -0.3 is 9.64 Å². The number of aromatic nitrogens is 2. The van der Waals surface area contributed by atoms with Crippen LogP contribution in [0.2, 0.25) is 0 Å². The molecule has 2 aromatic carbocycles. The predicted molar refractivity (Wildman–Crippen MR) is 128 cm³/mol. The highest BCUT2D eigenvalue weighted by atomic mass is 32.1. The molecule has 2 aromatic heterocycles. The molecule has 0 atom stereocenters. The molecule has 5 nitrogen and oxygen atoms in total. The Bertz CT molecular complexity index is 1180. The van der Waals surface area contributed by atoms with E-state index in [9.17, 15) is 4.79 Å². The molecule has 2 heterocycles. The van der Waals surface area contributed by atoms with E-state index in [1.165, 1.54) is 16.5 Å². The number of imidazole rings is 1. The highest BCUT2D eigenvalue weighted by Gasteiger charge is 2.16. The van der Waals surface area contributed by atoms with E-state index in [-0.39, 0.29) is 5.91 Å². The standard InChI is InChI=1S/C25H29N3O2S/c1-18(2)14-24(29)27(12-13-30-3)11-10-22-17-31-25-26-23(16-28(22)25)21-9-8-19-6-4-5-7-20(19)15-21/h4-9,15-18H,10-14H2,1-3H3. The third kappa shape index (κ3) is 4.97. The average Bonchev–Trinajstić information content (AvgIpc) is 3.34. The van der Waals surface area contributed by atoms with Gasteiger partial charge in [0.05, 0.1) is 12.3 Å². The zero-order valence-electron chi connectivity index (χ0n) is 18.4. The molecule has 6 heteroatoms. The fourth-order valence-corrected chi connectivity index (χ4v) is 4.69. The Kier molecular flexibility index (Phi) is 6.68. The van der Waals surface area contributed by atoms with Crippen LogP contribution < -0.4 is 0 Å². The molecule has 0 bridgehead atoms. The first kappa shape index (κ1) is 21.5. The minimum atomic E-state index is 0.195. The Labute approximate surface area is 187 Å². The monoisotopic (exact) mass is 435 g/mol. The quantitative estimate of drug-likeness (QED) is 0.359. The number of carbonyl (C=O) groups is 1. The Morgan fingerprint density at radius 2 is 1.97 bits per heavy atom. The van der Waals surface area contributed by atoms with Crippen molar-refractivity contribution < 1.29 is 9.53 Å². The lowest BCUT2D eigenvalue weighted by molar-refractivity contribution is -0.132. The molecule has 0 aliphatic heterocycles. The van der Waals surface area contributed by atoms with Gasteiger partial charge in [-0.25, -0.2) is 4.98 Å². The third-order valence-electron chi connectivity index (χ3n) is 5.47. The maximum absolute atomic E-state index is 12.6. The first-order valence-electron chi connectivity index (χ1n) is 10.8. The topological polar surface area (TPSA) is 46.8 Å². The largest absolute Gasteiger partial charge is 0.383 e. The lowest BCUT2D eigenvalue weighted by Gasteiger charge is -2.23. The van der Waals surface area contributed by atoms with Gasteiger partial charge in [0.1, 0.15) is 0 Å². The number of methoxy groups -OCH3 is 1. The molecule has 0 unspecified atom stereocenters. The van der Waals surface area contributed by atoms with Crippen LogP contribution in [0.25, 0.3) is 27.0 Å². The minimum absolute atomic E-state index is 0.195. The van der Waals surface area contributed by atoms with E-state index in [2.05, 4.69) is 72.3 Å². The number of amides is 1. The van der Waals surface area contributed by atoms with E-state index >= 15 is 0 Å². The molecule has 0 aliphatic carbocycles. The molecule has 4 aromatic rings. The zero-order valence-corrected chi connectivity index (χ0v) is 19.2. The van der Waals surface area contributed by atoms with Crippen LogP contribution in [0.5, 0.6) is 0 Å². The lowest BCUT2D eigenvalue weighted by Crippen LogP contribution is -2.36. The maximum Gasteiger partial charge on any atom is 0.222 e. The molecular weight excluding hydrogens is 406 g/mol. The SMILES string of the molecule is COCCN(CCc1csc2nc(-c3ccc4ccccc4c3)cn12)C(=O)CC(C)C. The molecule has 4 rings (SSSR count). The second-order valence-electron chi connectivity index (χ2n) is 8.29. The fraction of sp³-hybridized carbons (Fsp3) is 0.360. The summed E-state index contributed by atoms with van der Waals surface area (Å²) in [6, 6.07) is 14.8. The molecule has 0 saturated carbocycles. The molecular formula is C25H29N3O2S. The molecule has 0 radical (unpaired) electrons. The lowest BCUT2D eigenvalue weighted by atomic mass is 10.1. The van der Waals surface area contributed by atoms with Gasteiger partial charge in [0.2, 0.25) is 5.91 Å². The van der Waals surface area contributed by atoms with Crippen molar-refractivity contribution in [3.63, 3.8) is 0 Å². The molecule has 0 fully saturated rings. The van der Waals surface area contributed by atoms with Gasteiger partial charge in [0, 0.05) is 55.9 Å². The smallest absolute Gasteiger partial charge is 0.222 e. The second-order valence-corrected chi connectivity index (χ2v) is 9.13. The Morgan fingerprint density at radius 1 is 1.16 bits per heavy atom. The van der Waals surface area contributed by atoms with Crippen LogP contribution in [0.3, 0.4) is 0 Å². The number of benzene rings is 2. The summed E-state index contributed by atoms with van der Waals surface area (Å²) in [5.74, 6) is 0.546. The first-order chi connectivity index (χ1) is 15.0. The number of nitrogens with zero attached hydrogens (tertiary/aromatic N) is 3. The summed E-state index contributed by atoms with van der Waals surface area (Å²) in [5.41, 5.74) is 3.28. The van der Waals surface area contributed by atoms with Gasteiger partial charge in [-0.15, -0.1) is 11.3 Å². The van der Waals surface area contributed by atoms with E-state index in [1.54, 1.807) is 18.4 Å². The van der Waals surface area contributed by atoms with Crippen molar-refractivity contribution >= 4 is 33.0 Å². The van der Waals surface area contributed by atoms with Gasteiger partial charge in [-0.1, -0.05) is 50.2 Å². The van der Waals surface area contributed by atoms with E-state index in [1.807, 2.05) is 4.90 Å². The molecule has 162 valence electrons. The van der Waals surface area contributed by atoms with Crippen LogP contribution in [-0.4, -0.2) is 47.0 Å². The van der Waals surface area contributed by atoms with Gasteiger partial charge in [0.25, 0.3) is 0 Å². The van der Waals surface area contributed by atoms with Crippen molar-refractivity contribution in [2.24, 2.45) is 5.92 Å². The van der Waals surface area contributed by atoms with Gasteiger partial charge >= 0.3 is 0 Å². The van der Waals surface area contributed by atoms with Crippen LogP contribution in [0.4, 0.5) is 0 Å². The Morgan fingerprint density at radius 3 is 2.74 bits per heavy atom. The summed E-state index contributed by atoms with van der Waals surface area (Å²) in [7, 11) is 1.67. The average molecular weight is 436 g/mol. The number of thiazole rings is 1. The number of hydrogen-bond donors (Lipinski definition) is 0. The normalized spacial score (nSPS) is 11.6. The van der Waals surface area contributed by atoms with Crippen molar-refractivity contribution in [3.05, 3.63) is 59.7 Å². The van der Waals surface area contributed by atoms with Crippen molar-refractivity contribution in [1.29, 1.82) is 0 Å². The van der Waals surface area contributed by atoms with E-state index in [0.717, 1.165) is 22.6 Å². The van der Waals surface area contributed by atoms with Crippen LogP contribution in [-0.2, 0) is 16.0 Å². The highest BCUT2D eigenvalue weighted by Crippen LogP contribution is 2.27. The number of hydrogen-bond acceptors (Lipinski definition) is 4. The molecule has 0 aliphatic rings. The van der Waals surface area contributed by atoms with Gasteiger partial charge in [-0.2, -0.15) is 0 Å². The van der Waals surface area contributed by atoms with E-state index in [0.29, 0.717) is 32.0 Å². The molecule has 0 N–H and O–H groups in total. The van der Waals surface area contributed by atoms with Gasteiger partial charge in [-0.3, -0.25) is 9.20 Å². The maximum atomic E-state index is 12.6. The Hall–Kier alpha value is -2.70.